The van der Waals surface area contributed by atoms with Crippen LogP contribution in [0.1, 0.15) is 121 Å². The lowest BCUT2D eigenvalue weighted by Gasteiger charge is -2.42. The van der Waals surface area contributed by atoms with Gasteiger partial charge in [-0.1, -0.05) is 77.8 Å². The van der Waals surface area contributed by atoms with Gasteiger partial charge in [-0.05, 0) is 92.3 Å². The lowest BCUT2D eigenvalue weighted by atomic mass is 9.93. The number of hydrogen-bond acceptors (Lipinski definition) is 5. The average molecular weight is 679 g/mol. The molecule has 0 saturated carbocycles. The molecule has 49 heavy (non-hydrogen) atoms. The van der Waals surface area contributed by atoms with Gasteiger partial charge in [0.2, 0.25) is 0 Å². The van der Waals surface area contributed by atoms with Gasteiger partial charge in [0.05, 0.1) is 0 Å². The van der Waals surface area contributed by atoms with Crippen molar-refractivity contribution < 1.29 is 13.9 Å². The zero-order valence-corrected chi connectivity index (χ0v) is 33.1. The number of terminal acetylenes is 1. The number of hydrogen-bond donors (Lipinski definition) is 0. The molecule has 0 N–H and O–H groups in total. The monoisotopic (exact) mass is 679 g/mol. The Kier molecular flexibility index (Phi) is 26.0. The first-order chi connectivity index (χ1) is 23.2. The summed E-state index contributed by atoms with van der Waals surface area (Å²) in [5.74, 6) is -0.153. The van der Waals surface area contributed by atoms with Crippen molar-refractivity contribution in [3.63, 3.8) is 0 Å². The molecule has 1 heterocycles. The van der Waals surface area contributed by atoms with Crippen LogP contribution in [0, 0.1) is 18.7 Å². The summed E-state index contributed by atoms with van der Waals surface area (Å²) in [6.07, 6.45) is 22.8. The Morgan fingerprint density at radius 2 is 1.59 bits per heavy atom. The molecule has 7 heteroatoms. The van der Waals surface area contributed by atoms with Gasteiger partial charge in [0.25, 0.3) is 0 Å². The van der Waals surface area contributed by atoms with Crippen LogP contribution in [-0.4, -0.2) is 58.6 Å². The van der Waals surface area contributed by atoms with Gasteiger partial charge in [-0.15, -0.1) is 12.8 Å². The molecule has 6 nitrogen and oxygen atoms in total. The van der Waals surface area contributed by atoms with E-state index < -0.39 is 5.60 Å². The van der Waals surface area contributed by atoms with Crippen LogP contribution >= 0.6 is 0 Å². The highest BCUT2D eigenvalue weighted by Crippen LogP contribution is 2.26. The van der Waals surface area contributed by atoms with Gasteiger partial charge < -0.3 is 14.5 Å². The molecule has 0 spiro atoms. The molecule has 0 aliphatic carbocycles. The third kappa shape index (κ3) is 19.0. The average Bonchev–Trinajstić information content (AvgIpc) is 3.06. The predicted octanol–water partition coefficient (Wildman–Crippen LogP) is 11.4. The van der Waals surface area contributed by atoms with E-state index in [1.165, 1.54) is 24.1 Å². The maximum absolute atomic E-state index is 12.7. The number of nitrogens with zero attached hydrogens (tertiary/aromatic N) is 4. The lowest BCUT2D eigenvalue weighted by molar-refractivity contribution is 0.00494. The molecule has 1 aliphatic rings. The van der Waals surface area contributed by atoms with Crippen LogP contribution in [0.3, 0.4) is 0 Å². The summed E-state index contributed by atoms with van der Waals surface area (Å²) in [5, 5.41) is 0. The first-order valence-corrected chi connectivity index (χ1v) is 17.8. The number of carbonyl (C=O) groups excluding carboxylic acids is 1. The number of benzene rings is 1. The molecule has 0 radical (unpaired) electrons. The Labute approximate surface area is 300 Å². The van der Waals surface area contributed by atoms with Gasteiger partial charge >= 0.3 is 6.09 Å². The standard InChI is InChI=1S/C28H46N4O2.C9H11F.C3H8.C2H2/c1-11-15-17-29-22(6)26(24(13-3)25(14-4)30-16-12-2)23(7)31-18-19-32(21(5)20-31)27(33)34-28(8,9)10;1-2-3-8-4-6-9(10)7-5-8;1-3-2;1-2/h12-13,15-17,21H,11,14,18-20H2,1-10H3;4-7H,2-3H2,1H3;3H2,1-2H3;1-2H/b16-12-,17-15+,24-13-,26-23-,29-22+,30-25+;;;. The van der Waals surface area contributed by atoms with Crippen molar-refractivity contribution in [1.29, 1.82) is 0 Å². The van der Waals surface area contributed by atoms with Gasteiger partial charge in [0.15, 0.2) is 0 Å². The normalized spacial score (nSPS) is 16.2. The Morgan fingerprint density at radius 1 is 1.00 bits per heavy atom. The van der Waals surface area contributed by atoms with Gasteiger partial charge in [-0.2, -0.15) is 0 Å². The van der Waals surface area contributed by atoms with Gasteiger partial charge in [-0.25, -0.2) is 9.18 Å². The zero-order valence-electron chi connectivity index (χ0n) is 33.1. The molecule has 0 aromatic heterocycles. The van der Waals surface area contributed by atoms with E-state index in [-0.39, 0.29) is 18.0 Å². The van der Waals surface area contributed by atoms with E-state index in [4.69, 9.17) is 14.7 Å². The minimum Gasteiger partial charge on any atom is -0.444 e. The highest BCUT2D eigenvalue weighted by molar-refractivity contribution is 6.16. The second-order valence-corrected chi connectivity index (χ2v) is 12.6. The summed E-state index contributed by atoms with van der Waals surface area (Å²) in [4.78, 5) is 26.3. The first-order valence-electron chi connectivity index (χ1n) is 17.8. The highest BCUT2D eigenvalue weighted by Gasteiger charge is 2.32. The highest BCUT2D eigenvalue weighted by atomic mass is 19.1. The number of allylic oxidation sites excluding steroid dienone is 6. The minimum absolute atomic E-state index is 0.0356. The quantitative estimate of drug-likeness (QED) is 0.141. The molecule has 1 aromatic rings. The third-order valence-electron chi connectivity index (χ3n) is 7.10. The predicted molar refractivity (Wildman–Crippen MR) is 212 cm³/mol. The van der Waals surface area contributed by atoms with Crippen molar-refractivity contribution in [1.82, 2.24) is 9.80 Å². The Morgan fingerprint density at radius 3 is 2.04 bits per heavy atom. The third-order valence-corrected chi connectivity index (χ3v) is 7.10. The molecule has 1 atom stereocenters. The molecule has 2 rings (SSSR count). The smallest absolute Gasteiger partial charge is 0.410 e. The number of carbonyl (C=O) groups is 1. The molecule has 1 saturated heterocycles. The lowest BCUT2D eigenvalue weighted by Crippen LogP contribution is -2.54. The van der Waals surface area contributed by atoms with Crippen molar-refractivity contribution in [3.8, 4) is 12.8 Å². The molecular formula is C42H67FN4O2. The number of aryl methyl sites for hydroxylation is 1. The van der Waals surface area contributed by atoms with E-state index in [1.54, 1.807) is 0 Å². The second kappa shape index (κ2) is 27.0. The number of halogens is 1. The van der Waals surface area contributed by atoms with Crippen LogP contribution in [0.4, 0.5) is 9.18 Å². The summed E-state index contributed by atoms with van der Waals surface area (Å²) in [7, 11) is 0. The summed E-state index contributed by atoms with van der Waals surface area (Å²) < 4.78 is 17.9. The number of rotatable bonds is 10. The molecule has 1 aromatic carbocycles. The summed E-state index contributed by atoms with van der Waals surface area (Å²) in [6.45, 7) is 28.7. The Hall–Kier alpha value is -3.92. The van der Waals surface area contributed by atoms with E-state index in [0.717, 1.165) is 67.0 Å². The van der Waals surface area contributed by atoms with Crippen LogP contribution in [0.2, 0.25) is 0 Å². The molecule has 274 valence electrons. The van der Waals surface area contributed by atoms with E-state index in [2.05, 4.69) is 92.2 Å². The molecular weight excluding hydrogens is 611 g/mol. The van der Waals surface area contributed by atoms with Crippen LogP contribution in [-0.2, 0) is 11.2 Å². The summed E-state index contributed by atoms with van der Waals surface area (Å²) >= 11 is 0. The minimum atomic E-state index is -0.500. The fourth-order valence-corrected chi connectivity index (χ4v) is 4.91. The van der Waals surface area contributed by atoms with Crippen molar-refractivity contribution in [2.24, 2.45) is 9.98 Å². The van der Waals surface area contributed by atoms with Crippen LogP contribution < -0.4 is 0 Å². The zero-order chi connectivity index (χ0) is 38.0. The summed E-state index contributed by atoms with van der Waals surface area (Å²) in [6, 6.07) is 6.71. The number of amides is 1. The fourth-order valence-electron chi connectivity index (χ4n) is 4.91. The maximum Gasteiger partial charge on any atom is 0.410 e. The Balaban J connectivity index is 0. The van der Waals surface area contributed by atoms with Crippen molar-refractivity contribution >= 4 is 17.5 Å². The van der Waals surface area contributed by atoms with Crippen molar-refractivity contribution in [2.45, 2.75) is 134 Å². The van der Waals surface area contributed by atoms with E-state index in [0.29, 0.717) is 6.54 Å². The topological polar surface area (TPSA) is 57.5 Å². The van der Waals surface area contributed by atoms with E-state index in [1.807, 2.05) is 63.2 Å². The number of ether oxygens (including phenoxy) is 1. The van der Waals surface area contributed by atoms with E-state index >= 15 is 0 Å². The SMILES string of the molecule is C#C.CCC.CCCc1ccc(F)cc1.C\C=C/N=C(CC)/C(=C/C)C(/C(C)=N/C=C/CC)=C(/C)N1CCN(C(=O)OC(C)(C)C)C(C)C1. The van der Waals surface area contributed by atoms with Gasteiger partial charge in [-0.3, -0.25) is 9.98 Å². The molecule has 1 amide bonds. The molecule has 1 unspecified atom stereocenters. The van der Waals surface area contributed by atoms with Gasteiger partial charge in [0.1, 0.15) is 11.4 Å². The number of piperazine rings is 1. The molecule has 0 bridgehead atoms. The molecule has 1 aliphatic heterocycles. The molecule has 1 fully saturated rings. The summed E-state index contributed by atoms with van der Waals surface area (Å²) in [5.41, 5.74) is 6.06. The van der Waals surface area contributed by atoms with E-state index in [9.17, 15) is 9.18 Å². The van der Waals surface area contributed by atoms with Crippen LogP contribution in [0.5, 0.6) is 0 Å². The Bertz CT molecular complexity index is 1280. The first kappa shape index (κ1) is 47.2. The second-order valence-electron chi connectivity index (χ2n) is 12.6. The maximum atomic E-state index is 12.7. The van der Waals surface area contributed by atoms with Crippen LogP contribution in [0.15, 0.2) is 81.7 Å². The fraction of sp³-hybridized carbons (Fsp3) is 0.548. The number of aliphatic imine (C=N–C) groups is 2. The van der Waals surface area contributed by atoms with Gasteiger partial charge in [0, 0.05) is 66.3 Å². The van der Waals surface area contributed by atoms with Crippen molar-refractivity contribution in [3.05, 3.63) is 83.1 Å². The largest absolute Gasteiger partial charge is 0.444 e. The van der Waals surface area contributed by atoms with Crippen molar-refractivity contribution in [2.75, 3.05) is 19.6 Å². The van der Waals surface area contributed by atoms with Crippen LogP contribution in [0.25, 0.3) is 0 Å².